The van der Waals surface area contributed by atoms with E-state index in [4.69, 9.17) is 9.16 Å². The van der Waals surface area contributed by atoms with Crippen molar-refractivity contribution >= 4 is 20.3 Å². The molecule has 0 radical (unpaired) electrons. The van der Waals surface area contributed by atoms with Gasteiger partial charge >= 0.3 is 6.09 Å². The number of imide groups is 1. The summed E-state index contributed by atoms with van der Waals surface area (Å²) in [7, 11) is -1.99. The summed E-state index contributed by atoms with van der Waals surface area (Å²) >= 11 is 0. The second-order valence-corrected chi connectivity index (χ2v) is 13.8. The van der Waals surface area contributed by atoms with Crippen LogP contribution in [-0.2, 0) is 20.4 Å². The van der Waals surface area contributed by atoms with Gasteiger partial charge in [-0.3, -0.25) is 4.79 Å². The summed E-state index contributed by atoms with van der Waals surface area (Å²) in [5.74, 6) is -0.716. The van der Waals surface area contributed by atoms with E-state index in [9.17, 15) is 9.59 Å². The molecule has 1 saturated heterocycles. The Bertz CT molecular complexity index is 852. The largest absolute Gasteiger partial charge is 0.447 e. The number of hydrogen-bond donors (Lipinski definition) is 0. The van der Waals surface area contributed by atoms with Gasteiger partial charge in [0.2, 0.25) is 5.91 Å². The van der Waals surface area contributed by atoms with E-state index < -0.39 is 20.3 Å². The molecule has 2 amide bonds. The van der Waals surface area contributed by atoms with E-state index in [0.29, 0.717) is 6.42 Å². The van der Waals surface area contributed by atoms with Crippen LogP contribution >= 0.6 is 0 Å². The Morgan fingerprint density at radius 3 is 2.33 bits per heavy atom. The van der Waals surface area contributed by atoms with E-state index in [-0.39, 0.29) is 24.7 Å². The number of carbonyl (C=O) groups is 2. The number of benzene rings is 1. The van der Waals surface area contributed by atoms with Crippen LogP contribution < -0.4 is 0 Å². The van der Waals surface area contributed by atoms with Crippen molar-refractivity contribution in [1.82, 2.24) is 4.90 Å². The van der Waals surface area contributed by atoms with Gasteiger partial charge in [-0.1, -0.05) is 75.8 Å². The lowest BCUT2D eigenvalue weighted by Crippen LogP contribution is -2.49. The first kappa shape index (κ1) is 27.1. The fourth-order valence-corrected chi connectivity index (χ4v) is 7.43. The summed E-state index contributed by atoms with van der Waals surface area (Å²) in [5, 5.41) is 0. The van der Waals surface area contributed by atoms with Gasteiger partial charge in [-0.2, -0.15) is 0 Å². The third kappa shape index (κ3) is 6.67. The van der Waals surface area contributed by atoms with Crippen molar-refractivity contribution in [3.63, 3.8) is 0 Å². The highest BCUT2D eigenvalue weighted by Gasteiger charge is 2.44. The Labute approximate surface area is 201 Å². The maximum absolute atomic E-state index is 13.7. The topological polar surface area (TPSA) is 55.8 Å². The molecule has 3 atom stereocenters. The van der Waals surface area contributed by atoms with Gasteiger partial charge in [0.15, 0.2) is 8.32 Å². The molecule has 0 N–H and O–H groups in total. The number of allylic oxidation sites excluding steroid dienone is 3. The summed E-state index contributed by atoms with van der Waals surface area (Å²) in [6.07, 6.45) is 3.80. The van der Waals surface area contributed by atoms with Crippen LogP contribution in [0.2, 0.25) is 18.1 Å². The third-order valence-corrected chi connectivity index (χ3v) is 11.6. The molecule has 1 aromatic carbocycles. The zero-order valence-corrected chi connectivity index (χ0v) is 22.4. The van der Waals surface area contributed by atoms with Crippen molar-refractivity contribution in [3.8, 4) is 0 Å². The smallest absolute Gasteiger partial charge is 0.416 e. The van der Waals surface area contributed by atoms with Crippen LogP contribution in [0.5, 0.6) is 0 Å². The molecule has 0 saturated carbocycles. The minimum atomic E-state index is -1.99. The second kappa shape index (κ2) is 12.3. The molecule has 182 valence electrons. The summed E-state index contributed by atoms with van der Waals surface area (Å²) in [6.45, 7) is 14.8. The molecule has 6 heteroatoms. The lowest BCUT2D eigenvalue weighted by atomic mass is 9.94. The molecule has 1 aliphatic heterocycles. The molecule has 0 aromatic heterocycles. The molecular weight excluding hydrogens is 430 g/mol. The monoisotopic (exact) mass is 471 g/mol. The highest BCUT2D eigenvalue weighted by atomic mass is 28.4. The lowest BCUT2D eigenvalue weighted by Gasteiger charge is -2.37. The van der Waals surface area contributed by atoms with E-state index in [0.717, 1.165) is 34.8 Å². The number of rotatable bonds is 11. The van der Waals surface area contributed by atoms with Crippen molar-refractivity contribution in [1.29, 1.82) is 0 Å². The minimum absolute atomic E-state index is 0.222. The van der Waals surface area contributed by atoms with Crippen LogP contribution in [0.3, 0.4) is 0 Å². The highest BCUT2D eigenvalue weighted by Crippen LogP contribution is 2.31. The van der Waals surface area contributed by atoms with Crippen LogP contribution in [-0.4, -0.2) is 44.0 Å². The SMILES string of the molecule is C/C=C(C)/C=C(\C)[C@@H](O[Si](CC)(CC)CC)[C@@H](C)C(=O)N1C(=O)OC[C@@H]1Cc1ccccc1. The summed E-state index contributed by atoms with van der Waals surface area (Å²) in [6, 6.07) is 12.6. The number of carbonyl (C=O) groups excluding carboxylic acids is 2. The van der Waals surface area contributed by atoms with E-state index in [1.165, 1.54) is 4.90 Å². The maximum Gasteiger partial charge on any atom is 0.416 e. The van der Waals surface area contributed by atoms with E-state index in [1.807, 2.05) is 64.1 Å². The van der Waals surface area contributed by atoms with Gasteiger partial charge in [0.1, 0.15) is 6.61 Å². The van der Waals surface area contributed by atoms with E-state index >= 15 is 0 Å². The van der Waals surface area contributed by atoms with Crippen molar-refractivity contribution in [3.05, 3.63) is 59.2 Å². The van der Waals surface area contributed by atoms with Crippen LogP contribution in [0.4, 0.5) is 4.79 Å². The van der Waals surface area contributed by atoms with Gasteiger partial charge in [-0.25, -0.2) is 9.69 Å². The Morgan fingerprint density at radius 2 is 1.79 bits per heavy atom. The van der Waals surface area contributed by atoms with Gasteiger partial charge < -0.3 is 9.16 Å². The third-order valence-electron chi connectivity index (χ3n) is 7.03. The highest BCUT2D eigenvalue weighted by molar-refractivity contribution is 6.73. The number of amides is 2. The number of hydrogen-bond acceptors (Lipinski definition) is 4. The fraction of sp³-hybridized carbons (Fsp3) is 0.556. The van der Waals surface area contributed by atoms with Crippen molar-refractivity contribution in [2.24, 2.45) is 5.92 Å². The quantitative estimate of drug-likeness (QED) is 0.272. The normalized spacial score (nSPS) is 19.4. The zero-order chi connectivity index (χ0) is 24.6. The van der Waals surface area contributed by atoms with Crippen molar-refractivity contribution < 1.29 is 18.8 Å². The predicted octanol–water partition coefficient (Wildman–Crippen LogP) is 6.52. The van der Waals surface area contributed by atoms with Crippen molar-refractivity contribution in [2.75, 3.05) is 6.61 Å². The van der Waals surface area contributed by atoms with Crippen LogP contribution in [0.1, 0.15) is 54.0 Å². The average molecular weight is 472 g/mol. The Kier molecular flexibility index (Phi) is 10.1. The molecule has 1 fully saturated rings. The molecule has 1 aromatic rings. The first-order chi connectivity index (χ1) is 15.7. The lowest BCUT2D eigenvalue weighted by molar-refractivity contribution is -0.135. The van der Waals surface area contributed by atoms with E-state index in [2.05, 4.69) is 26.8 Å². The molecule has 0 spiro atoms. The maximum atomic E-state index is 13.7. The van der Waals surface area contributed by atoms with Gasteiger partial charge in [-0.15, -0.1) is 0 Å². The molecule has 1 heterocycles. The Hall–Kier alpha value is -2.18. The molecule has 0 aliphatic carbocycles. The minimum Gasteiger partial charge on any atom is -0.447 e. The molecule has 0 bridgehead atoms. The Morgan fingerprint density at radius 1 is 1.18 bits per heavy atom. The Balaban J connectivity index is 2.36. The number of nitrogens with zero attached hydrogens (tertiary/aromatic N) is 1. The number of ether oxygens (including phenoxy) is 1. The molecule has 0 unspecified atom stereocenters. The van der Waals surface area contributed by atoms with Gasteiger partial charge in [0.25, 0.3) is 0 Å². The molecule has 2 rings (SSSR count). The van der Waals surface area contributed by atoms with E-state index in [1.54, 1.807) is 0 Å². The van der Waals surface area contributed by atoms with Gasteiger partial charge in [0.05, 0.1) is 18.1 Å². The summed E-state index contributed by atoms with van der Waals surface area (Å²) < 4.78 is 12.2. The van der Waals surface area contributed by atoms with Gasteiger partial charge in [0, 0.05) is 0 Å². The van der Waals surface area contributed by atoms with Crippen molar-refractivity contribution in [2.45, 2.75) is 85.2 Å². The van der Waals surface area contributed by atoms with Crippen LogP contribution in [0.25, 0.3) is 0 Å². The van der Waals surface area contributed by atoms with Crippen LogP contribution in [0, 0.1) is 5.92 Å². The first-order valence-corrected chi connectivity index (χ1v) is 14.8. The molecular formula is C27H41NO4Si. The predicted molar refractivity (Wildman–Crippen MR) is 137 cm³/mol. The second-order valence-electron chi connectivity index (χ2n) is 9.12. The zero-order valence-electron chi connectivity index (χ0n) is 21.4. The van der Waals surface area contributed by atoms with Crippen LogP contribution in [0.15, 0.2) is 53.6 Å². The summed E-state index contributed by atoms with van der Waals surface area (Å²) in [5.41, 5.74) is 3.22. The fourth-order valence-electron chi connectivity index (χ4n) is 4.50. The summed E-state index contributed by atoms with van der Waals surface area (Å²) in [4.78, 5) is 27.7. The molecule has 5 nitrogen and oxygen atoms in total. The first-order valence-electron chi connectivity index (χ1n) is 12.2. The molecule has 33 heavy (non-hydrogen) atoms. The standard InChI is InChI=1S/C27H41NO4Si/c1-8-20(5)17-21(6)25(32-33(9-2,10-3)11-4)22(7)26(29)28-24(19-31-27(28)30)18-23-15-13-12-14-16-23/h8,12-17,22,24-25H,9-11,18-19H2,1-7H3/b20-8+,21-17+/t22-,24+,25-/m1/s1. The average Bonchev–Trinajstić information content (AvgIpc) is 3.19. The van der Waals surface area contributed by atoms with Gasteiger partial charge in [-0.05, 0) is 56.5 Å². The number of cyclic esters (lactones) is 1. The molecule has 1 aliphatic rings.